The van der Waals surface area contributed by atoms with Gasteiger partial charge in [0.2, 0.25) is 0 Å². The van der Waals surface area contributed by atoms with Crippen LogP contribution in [0, 0.1) is 0 Å². The van der Waals surface area contributed by atoms with Crippen LogP contribution >= 0.6 is 0 Å². The number of unbranched alkanes of at least 4 members (excludes halogenated alkanes) is 37. The van der Waals surface area contributed by atoms with E-state index >= 15 is 0 Å². The summed E-state index contributed by atoms with van der Waals surface area (Å²) in [5.74, 6) is -0.862. The smallest absolute Gasteiger partial charge is 0.306 e. The second-order valence-corrected chi connectivity index (χ2v) is 18.5. The van der Waals surface area contributed by atoms with Crippen LogP contribution in [0.4, 0.5) is 0 Å². The van der Waals surface area contributed by atoms with E-state index in [-0.39, 0.29) is 31.1 Å². The highest BCUT2D eigenvalue weighted by Crippen LogP contribution is 2.17. The van der Waals surface area contributed by atoms with Crippen molar-refractivity contribution in [3.8, 4) is 0 Å². The molecule has 0 fully saturated rings. The third-order valence-electron chi connectivity index (χ3n) is 12.3. The van der Waals surface area contributed by atoms with Gasteiger partial charge in [-0.3, -0.25) is 14.4 Å². The van der Waals surface area contributed by atoms with Crippen molar-refractivity contribution in [3.63, 3.8) is 0 Å². The highest BCUT2D eigenvalue weighted by molar-refractivity contribution is 5.71. The molecule has 0 aromatic heterocycles. The number of carbonyl (C=O) groups excluding carboxylic acids is 3. The zero-order valence-electron chi connectivity index (χ0n) is 41.2. The molecule has 360 valence electrons. The quantitative estimate of drug-likeness (QED) is 0.0262. The highest BCUT2D eigenvalue weighted by Gasteiger charge is 2.19. The molecule has 0 aliphatic carbocycles. The van der Waals surface area contributed by atoms with Gasteiger partial charge in [-0.1, -0.05) is 258 Å². The summed E-state index contributed by atoms with van der Waals surface area (Å²) in [6, 6.07) is 0. The monoisotopic (exact) mass is 861 g/mol. The predicted molar refractivity (Wildman–Crippen MR) is 261 cm³/mol. The summed E-state index contributed by atoms with van der Waals surface area (Å²) in [7, 11) is 0. The van der Waals surface area contributed by atoms with Crippen LogP contribution in [0.1, 0.15) is 303 Å². The number of allylic oxidation sites excluding steroid dienone is 2. The molecule has 61 heavy (non-hydrogen) atoms. The number of hydrogen-bond acceptors (Lipinski definition) is 6. The normalized spacial score (nSPS) is 12.0. The van der Waals surface area contributed by atoms with E-state index in [0.29, 0.717) is 19.3 Å². The molecule has 0 N–H and O–H groups in total. The van der Waals surface area contributed by atoms with Gasteiger partial charge in [-0.15, -0.1) is 0 Å². The molecule has 0 amide bonds. The van der Waals surface area contributed by atoms with Gasteiger partial charge in [-0.05, 0) is 38.5 Å². The maximum absolute atomic E-state index is 12.8. The van der Waals surface area contributed by atoms with Gasteiger partial charge in [0.05, 0.1) is 0 Å². The molecule has 0 heterocycles. The van der Waals surface area contributed by atoms with Crippen LogP contribution in [0.15, 0.2) is 12.2 Å². The van der Waals surface area contributed by atoms with Crippen molar-refractivity contribution < 1.29 is 28.6 Å². The molecule has 0 saturated heterocycles. The Morgan fingerprint density at radius 3 is 0.869 bits per heavy atom. The predicted octanol–water partition coefficient (Wildman–Crippen LogP) is 17.8. The van der Waals surface area contributed by atoms with Gasteiger partial charge < -0.3 is 14.2 Å². The molecule has 1 unspecified atom stereocenters. The fourth-order valence-corrected chi connectivity index (χ4v) is 8.13. The van der Waals surface area contributed by atoms with E-state index < -0.39 is 6.10 Å². The third kappa shape index (κ3) is 49.0. The first-order valence-electron chi connectivity index (χ1n) is 27.2. The van der Waals surface area contributed by atoms with Gasteiger partial charge in [-0.2, -0.15) is 0 Å². The van der Waals surface area contributed by atoms with Gasteiger partial charge in [0.15, 0.2) is 6.10 Å². The average molecular weight is 861 g/mol. The molecule has 6 nitrogen and oxygen atoms in total. The zero-order valence-corrected chi connectivity index (χ0v) is 41.2. The van der Waals surface area contributed by atoms with E-state index in [0.717, 1.165) is 77.0 Å². The number of carbonyl (C=O) groups is 3. The summed E-state index contributed by atoms with van der Waals surface area (Å²) in [4.78, 5) is 38.0. The van der Waals surface area contributed by atoms with E-state index in [1.54, 1.807) is 0 Å². The third-order valence-corrected chi connectivity index (χ3v) is 12.3. The Morgan fingerprint density at radius 2 is 0.557 bits per heavy atom. The summed E-state index contributed by atoms with van der Waals surface area (Å²) >= 11 is 0. The lowest BCUT2D eigenvalue weighted by Crippen LogP contribution is -2.30. The maximum Gasteiger partial charge on any atom is 0.306 e. The lowest BCUT2D eigenvalue weighted by Gasteiger charge is -2.18. The molecule has 0 aromatic rings. The molecule has 1 atom stereocenters. The Bertz CT molecular complexity index is 947. The van der Waals surface area contributed by atoms with Gasteiger partial charge in [0, 0.05) is 19.3 Å². The second-order valence-electron chi connectivity index (χ2n) is 18.5. The lowest BCUT2D eigenvalue weighted by molar-refractivity contribution is -0.167. The lowest BCUT2D eigenvalue weighted by atomic mass is 10.0. The molecule has 0 bridgehead atoms. The van der Waals surface area contributed by atoms with Crippen LogP contribution in [0.2, 0.25) is 0 Å². The van der Waals surface area contributed by atoms with Gasteiger partial charge >= 0.3 is 17.9 Å². The molecule has 0 saturated carbocycles. The van der Waals surface area contributed by atoms with E-state index in [4.69, 9.17) is 14.2 Å². The molecule has 0 aliphatic heterocycles. The molecule has 0 aromatic carbocycles. The number of hydrogen-bond donors (Lipinski definition) is 0. The van der Waals surface area contributed by atoms with Crippen molar-refractivity contribution in [2.24, 2.45) is 0 Å². The summed E-state index contributed by atoms with van der Waals surface area (Å²) < 4.78 is 16.8. The summed E-state index contributed by atoms with van der Waals surface area (Å²) in [6.07, 6.45) is 56.3. The SMILES string of the molecule is CCCC/C=C\CCCCCCC(=O)OCC(COC(=O)CCCCCCCCCCCCCCCCCCC)OC(=O)CCCCCCCCCCCCCCCCCC. The molecule has 0 spiro atoms. The Morgan fingerprint density at radius 1 is 0.311 bits per heavy atom. The molecular formula is C55H104O6. The highest BCUT2D eigenvalue weighted by atomic mass is 16.6. The Labute approximate surface area is 380 Å². The number of ether oxygens (including phenoxy) is 3. The molecular weight excluding hydrogens is 757 g/mol. The molecule has 0 radical (unpaired) electrons. The summed E-state index contributed by atoms with van der Waals surface area (Å²) in [5.41, 5.74) is 0. The summed E-state index contributed by atoms with van der Waals surface area (Å²) in [6.45, 7) is 6.63. The van der Waals surface area contributed by atoms with Crippen LogP contribution in [0.5, 0.6) is 0 Å². The van der Waals surface area contributed by atoms with Crippen LogP contribution in [-0.2, 0) is 28.6 Å². The standard InChI is InChI=1S/C55H104O6/c1-4-7-10-13-16-19-22-24-26-28-30-31-33-36-39-42-45-48-54(57)60-51-52(50-59-53(56)47-44-41-38-35-21-18-15-12-9-6-3)61-55(58)49-46-43-40-37-34-32-29-27-25-23-20-17-14-11-8-5-2/h15,18,52H,4-14,16-17,19-51H2,1-3H3/b18-15-. The van der Waals surface area contributed by atoms with Crippen LogP contribution in [0.25, 0.3) is 0 Å². The first-order valence-corrected chi connectivity index (χ1v) is 27.2. The minimum absolute atomic E-state index is 0.0679. The van der Waals surface area contributed by atoms with E-state index in [1.165, 1.54) is 186 Å². The largest absolute Gasteiger partial charge is 0.462 e. The minimum atomic E-state index is -0.767. The van der Waals surface area contributed by atoms with Crippen LogP contribution < -0.4 is 0 Å². The van der Waals surface area contributed by atoms with Gasteiger partial charge in [-0.25, -0.2) is 0 Å². The minimum Gasteiger partial charge on any atom is -0.462 e. The average Bonchev–Trinajstić information content (AvgIpc) is 3.26. The van der Waals surface area contributed by atoms with Crippen molar-refractivity contribution in [3.05, 3.63) is 12.2 Å². The van der Waals surface area contributed by atoms with E-state index in [2.05, 4.69) is 32.9 Å². The molecule has 0 rings (SSSR count). The fraction of sp³-hybridized carbons (Fsp3) is 0.909. The van der Waals surface area contributed by atoms with Gasteiger partial charge in [0.1, 0.15) is 13.2 Å². The van der Waals surface area contributed by atoms with Crippen molar-refractivity contribution >= 4 is 17.9 Å². The number of rotatable bonds is 50. The van der Waals surface area contributed by atoms with E-state index in [1.807, 2.05) is 0 Å². The van der Waals surface area contributed by atoms with Crippen LogP contribution in [0.3, 0.4) is 0 Å². The fourth-order valence-electron chi connectivity index (χ4n) is 8.13. The van der Waals surface area contributed by atoms with Gasteiger partial charge in [0.25, 0.3) is 0 Å². The Balaban J connectivity index is 4.27. The zero-order chi connectivity index (χ0) is 44.4. The first-order chi connectivity index (χ1) is 30.0. The first kappa shape index (κ1) is 59.1. The Hall–Kier alpha value is -1.85. The Kier molecular flexibility index (Phi) is 49.3. The van der Waals surface area contributed by atoms with E-state index in [9.17, 15) is 14.4 Å². The summed E-state index contributed by atoms with van der Waals surface area (Å²) in [5, 5.41) is 0. The molecule has 0 aliphatic rings. The van der Waals surface area contributed by atoms with Crippen molar-refractivity contribution in [2.45, 2.75) is 309 Å². The number of esters is 3. The maximum atomic E-state index is 12.8. The van der Waals surface area contributed by atoms with Crippen molar-refractivity contribution in [1.82, 2.24) is 0 Å². The van der Waals surface area contributed by atoms with Crippen molar-refractivity contribution in [2.75, 3.05) is 13.2 Å². The topological polar surface area (TPSA) is 78.9 Å². The van der Waals surface area contributed by atoms with Crippen LogP contribution in [-0.4, -0.2) is 37.2 Å². The second kappa shape index (κ2) is 50.8. The van der Waals surface area contributed by atoms with Crippen molar-refractivity contribution in [1.29, 1.82) is 0 Å². The molecule has 6 heteroatoms.